The van der Waals surface area contributed by atoms with Crippen molar-refractivity contribution >= 4 is 50.0 Å². The maximum atomic E-state index is 13.1. The first-order valence-corrected chi connectivity index (χ1v) is 11.0. The summed E-state index contributed by atoms with van der Waals surface area (Å²) in [5.41, 5.74) is 8.86. The van der Waals surface area contributed by atoms with Crippen molar-refractivity contribution in [2.24, 2.45) is 5.73 Å². The number of benzene rings is 1. The van der Waals surface area contributed by atoms with Crippen molar-refractivity contribution < 1.29 is 4.79 Å². The highest BCUT2D eigenvalue weighted by atomic mass is 32.1. The number of nitrogens with one attached hydrogen (secondary N) is 2. The lowest BCUT2D eigenvalue weighted by Gasteiger charge is -2.29. The average molecular weight is 419 g/mol. The summed E-state index contributed by atoms with van der Waals surface area (Å²) in [7, 11) is 0. The van der Waals surface area contributed by atoms with Gasteiger partial charge in [0.25, 0.3) is 5.91 Å². The molecule has 2 atom stereocenters. The standard InChI is InChI=1S/C22H22N6OS/c23-15-7-1-2-8-16(15)27-22-25-11-18-20(28-22)14(12-30-18)21(29)26-17-9-3-5-13-6-4-10-24-19(13)17/h3-6,9-12,15-16H,1-2,7-8,23H2,(H,26,29)(H,25,27,28). The summed E-state index contributed by atoms with van der Waals surface area (Å²) in [6.07, 6.45) is 7.81. The number of nitrogens with zero attached hydrogens (tertiary/aromatic N) is 3. The van der Waals surface area contributed by atoms with Gasteiger partial charge in [0.1, 0.15) is 0 Å². The summed E-state index contributed by atoms with van der Waals surface area (Å²) in [6.45, 7) is 0. The summed E-state index contributed by atoms with van der Waals surface area (Å²) in [4.78, 5) is 26.5. The van der Waals surface area contributed by atoms with Crippen molar-refractivity contribution in [3.63, 3.8) is 0 Å². The molecule has 0 bridgehead atoms. The van der Waals surface area contributed by atoms with Crippen LogP contribution in [-0.2, 0) is 0 Å². The van der Waals surface area contributed by atoms with E-state index in [4.69, 9.17) is 5.73 Å². The Balaban J connectivity index is 1.43. The molecule has 0 radical (unpaired) electrons. The van der Waals surface area contributed by atoms with Gasteiger partial charge < -0.3 is 16.4 Å². The highest BCUT2D eigenvalue weighted by Crippen LogP contribution is 2.28. The number of nitrogens with two attached hydrogens (primary N) is 1. The molecule has 1 fully saturated rings. The van der Waals surface area contributed by atoms with E-state index in [0.29, 0.717) is 22.7 Å². The minimum Gasteiger partial charge on any atom is -0.350 e. The molecule has 8 heteroatoms. The largest absolute Gasteiger partial charge is 0.350 e. The zero-order valence-corrected chi connectivity index (χ0v) is 17.2. The quantitative estimate of drug-likeness (QED) is 0.459. The number of para-hydroxylation sites is 1. The SMILES string of the molecule is NC1CCCCC1Nc1ncc2scc(C(=O)Nc3cccc4cccnc34)c2n1. The lowest BCUT2D eigenvalue weighted by atomic mass is 9.91. The van der Waals surface area contributed by atoms with Gasteiger partial charge in [0.15, 0.2) is 0 Å². The first-order valence-electron chi connectivity index (χ1n) is 10.1. The highest BCUT2D eigenvalue weighted by molar-refractivity contribution is 7.17. The maximum absolute atomic E-state index is 13.1. The zero-order valence-electron chi connectivity index (χ0n) is 16.3. The number of fused-ring (bicyclic) bond motifs is 2. The van der Waals surface area contributed by atoms with Crippen LogP contribution in [-0.4, -0.2) is 32.9 Å². The molecule has 1 aromatic carbocycles. The third kappa shape index (κ3) is 3.59. The number of rotatable bonds is 4. The molecule has 1 saturated carbocycles. The third-order valence-corrected chi connectivity index (χ3v) is 6.48. The number of amides is 1. The van der Waals surface area contributed by atoms with Gasteiger partial charge in [-0.1, -0.05) is 31.0 Å². The fourth-order valence-electron chi connectivity index (χ4n) is 3.96. The van der Waals surface area contributed by atoms with Gasteiger partial charge >= 0.3 is 0 Å². The van der Waals surface area contributed by atoms with Crippen LogP contribution in [0.15, 0.2) is 48.1 Å². The van der Waals surface area contributed by atoms with Gasteiger partial charge in [0.2, 0.25) is 5.95 Å². The van der Waals surface area contributed by atoms with E-state index in [0.717, 1.165) is 41.3 Å². The second kappa shape index (κ2) is 7.97. The van der Waals surface area contributed by atoms with E-state index < -0.39 is 0 Å². The number of carbonyl (C=O) groups excluding carboxylic acids is 1. The molecule has 3 aromatic heterocycles. The minimum atomic E-state index is -0.210. The van der Waals surface area contributed by atoms with Crippen LogP contribution in [0, 0.1) is 0 Å². The smallest absolute Gasteiger partial charge is 0.258 e. The van der Waals surface area contributed by atoms with Crippen LogP contribution in [0.3, 0.4) is 0 Å². The molecule has 1 aliphatic carbocycles. The van der Waals surface area contributed by atoms with Crippen LogP contribution in [0.4, 0.5) is 11.6 Å². The molecule has 152 valence electrons. The van der Waals surface area contributed by atoms with Crippen LogP contribution < -0.4 is 16.4 Å². The minimum absolute atomic E-state index is 0.0992. The molecular weight excluding hydrogens is 396 g/mol. The van der Waals surface area contributed by atoms with E-state index in [-0.39, 0.29) is 18.0 Å². The van der Waals surface area contributed by atoms with E-state index in [1.807, 2.05) is 35.7 Å². The first kappa shape index (κ1) is 18.9. The maximum Gasteiger partial charge on any atom is 0.258 e. The zero-order chi connectivity index (χ0) is 20.5. The van der Waals surface area contributed by atoms with Crippen LogP contribution in [0.5, 0.6) is 0 Å². The number of hydrogen-bond donors (Lipinski definition) is 3. The van der Waals surface area contributed by atoms with Crippen molar-refractivity contribution in [2.75, 3.05) is 10.6 Å². The highest BCUT2D eigenvalue weighted by Gasteiger charge is 2.23. The number of thiophene rings is 1. The van der Waals surface area contributed by atoms with E-state index in [1.54, 1.807) is 12.4 Å². The van der Waals surface area contributed by atoms with E-state index >= 15 is 0 Å². The van der Waals surface area contributed by atoms with Gasteiger partial charge in [0.05, 0.1) is 33.2 Å². The second-order valence-electron chi connectivity index (χ2n) is 7.59. The van der Waals surface area contributed by atoms with Gasteiger partial charge in [-0.05, 0) is 25.0 Å². The van der Waals surface area contributed by atoms with Crippen LogP contribution >= 0.6 is 11.3 Å². The molecule has 0 spiro atoms. The molecule has 3 heterocycles. The third-order valence-electron chi connectivity index (χ3n) is 5.57. The Morgan fingerprint density at radius 1 is 1.10 bits per heavy atom. The molecule has 5 rings (SSSR count). The number of pyridine rings is 1. The van der Waals surface area contributed by atoms with Crippen molar-refractivity contribution in [2.45, 2.75) is 37.8 Å². The summed E-state index contributed by atoms with van der Waals surface area (Å²) in [5.74, 6) is 0.308. The molecule has 30 heavy (non-hydrogen) atoms. The molecule has 2 unspecified atom stereocenters. The van der Waals surface area contributed by atoms with Crippen LogP contribution in [0.1, 0.15) is 36.0 Å². The summed E-state index contributed by atoms with van der Waals surface area (Å²) in [6, 6.07) is 9.84. The second-order valence-corrected chi connectivity index (χ2v) is 8.50. The molecule has 0 saturated heterocycles. The van der Waals surface area contributed by atoms with Crippen molar-refractivity contribution in [1.29, 1.82) is 0 Å². The predicted molar refractivity (Wildman–Crippen MR) is 121 cm³/mol. The molecular formula is C22H22N6OS. The topological polar surface area (TPSA) is 106 Å². The fraction of sp³-hybridized carbons (Fsp3) is 0.273. The van der Waals surface area contributed by atoms with Gasteiger partial charge in [-0.2, -0.15) is 0 Å². The van der Waals surface area contributed by atoms with Gasteiger partial charge in [-0.25, -0.2) is 9.97 Å². The van der Waals surface area contributed by atoms with E-state index in [9.17, 15) is 4.79 Å². The Kier molecular flexibility index (Phi) is 5.02. The Morgan fingerprint density at radius 3 is 2.87 bits per heavy atom. The lowest BCUT2D eigenvalue weighted by Crippen LogP contribution is -2.42. The molecule has 1 amide bonds. The Bertz CT molecular complexity index is 1220. The summed E-state index contributed by atoms with van der Waals surface area (Å²) >= 11 is 1.46. The Labute approximate surface area is 177 Å². The number of anilines is 2. The molecule has 0 aliphatic heterocycles. The Hall–Kier alpha value is -3.10. The monoisotopic (exact) mass is 418 g/mol. The van der Waals surface area contributed by atoms with Crippen LogP contribution in [0.2, 0.25) is 0 Å². The first-order chi connectivity index (χ1) is 14.7. The van der Waals surface area contributed by atoms with Gasteiger partial charge in [-0.15, -0.1) is 11.3 Å². The molecule has 1 aliphatic rings. The number of hydrogen-bond acceptors (Lipinski definition) is 7. The van der Waals surface area contributed by atoms with E-state index in [1.165, 1.54) is 11.3 Å². The predicted octanol–water partition coefficient (Wildman–Crippen LogP) is 4.17. The van der Waals surface area contributed by atoms with E-state index in [2.05, 4.69) is 25.6 Å². The van der Waals surface area contributed by atoms with Crippen molar-refractivity contribution in [3.05, 3.63) is 53.7 Å². The van der Waals surface area contributed by atoms with Gasteiger partial charge in [-0.3, -0.25) is 9.78 Å². The summed E-state index contributed by atoms with van der Waals surface area (Å²) < 4.78 is 0.870. The van der Waals surface area contributed by atoms with Crippen molar-refractivity contribution in [3.8, 4) is 0 Å². The molecule has 4 N–H and O–H groups in total. The molecule has 7 nitrogen and oxygen atoms in total. The summed E-state index contributed by atoms with van der Waals surface area (Å²) in [5, 5.41) is 9.16. The average Bonchev–Trinajstić information content (AvgIpc) is 3.19. The number of aromatic nitrogens is 3. The fourth-order valence-corrected chi connectivity index (χ4v) is 4.80. The van der Waals surface area contributed by atoms with Crippen LogP contribution in [0.25, 0.3) is 21.1 Å². The lowest BCUT2D eigenvalue weighted by molar-refractivity contribution is 0.102. The Morgan fingerprint density at radius 2 is 1.97 bits per heavy atom. The van der Waals surface area contributed by atoms with Gasteiger partial charge in [0, 0.05) is 29.0 Å². The molecule has 4 aromatic rings. The normalized spacial score (nSPS) is 19.1. The van der Waals surface area contributed by atoms with Crippen molar-refractivity contribution in [1.82, 2.24) is 15.0 Å². The number of carbonyl (C=O) groups is 1.